The summed E-state index contributed by atoms with van der Waals surface area (Å²) in [4.78, 5) is 49.8. The van der Waals surface area contributed by atoms with Crippen molar-refractivity contribution in [3.05, 3.63) is 34.3 Å². The highest BCUT2D eigenvalue weighted by Gasteiger charge is 2.45. The zero-order valence-corrected chi connectivity index (χ0v) is 15.9. The predicted octanol–water partition coefficient (Wildman–Crippen LogP) is 2.07. The number of carbonyl (C=O) groups is 4. The van der Waals surface area contributed by atoms with Gasteiger partial charge < -0.3 is 5.32 Å². The number of hydrogen-bond acceptors (Lipinski definition) is 4. The molecule has 1 saturated heterocycles. The highest BCUT2D eigenvalue weighted by Crippen LogP contribution is 2.17. The fraction of sp³-hybridized carbons (Fsp3) is 0.412. The number of halogens is 1. The van der Waals surface area contributed by atoms with Crippen molar-refractivity contribution in [3.8, 4) is 0 Å². The van der Waals surface area contributed by atoms with Gasteiger partial charge in [-0.2, -0.15) is 0 Å². The molecule has 1 atom stereocenters. The van der Waals surface area contributed by atoms with Gasteiger partial charge in [0.2, 0.25) is 5.91 Å². The van der Waals surface area contributed by atoms with Crippen molar-refractivity contribution >= 4 is 39.7 Å². The molecule has 0 radical (unpaired) electrons. The minimum Gasteiger partial charge on any atom is -0.348 e. The average molecular weight is 410 g/mol. The highest BCUT2D eigenvalue weighted by atomic mass is 79.9. The summed E-state index contributed by atoms with van der Waals surface area (Å²) in [6, 6.07) is 6.39. The first kappa shape index (κ1) is 19.1. The average Bonchev–Trinajstić information content (AvgIpc) is 2.73. The lowest BCUT2D eigenvalue weighted by Gasteiger charge is -2.18. The summed E-state index contributed by atoms with van der Waals surface area (Å²) in [7, 11) is 0. The number of amides is 5. The van der Waals surface area contributed by atoms with Gasteiger partial charge in [-0.25, -0.2) is 9.69 Å². The third-order valence-corrected chi connectivity index (χ3v) is 4.26. The van der Waals surface area contributed by atoms with E-state index in [-0.39, 0.29) is 18.5 Å². The molecule has 0 bridgehead atoms. The van der Waals surface area contributed by atoms with E-state index in [0.29, 0.717) is 4.90 Å². The first-order valence-electron chi connectivity index (χ1n) is 7.92. The standard InChI is InChI=1S/C17H20BrN3O4/c1-10(2)8-20-15(23)16(24)21(17(20)25)9-14(22)19-11(3)12-4-6-13(18)7-5-12/h4-7,10-11H,8-9H2,1-3H3,(H,19,22)/t11-/m1/s1. The van der Waals surface area contributed by atoms with Crippen LogP contribution in [-0.2, 0) is 14.4 Å². The first-order chi connectivity index (χ1) is 11.7. The number of nitrogens with one attached hydrogen (secondary N) is 1. The maximum absolute atomic E-state index is 12.2. The number of urea groups is 1. The summed E-state index contributed by atoms with van der Waals surface area (Å²) in [6.07, 6.45) is 0. The molecule has 1 aromatic carbocycles. The van der Waals surface area contributed by atoms with Gasteiger partial charge in [0.1, 0.15) is 6.54 Å². The molecular weight excluding hydrogens is 390 g/mol. The molecule has 0 aliphatic carbocycles. The summed E-state index contributed by atoms with van der Waals surface area (Å²) in [5.41, 5.74) is 0.883. The number of hydrogen-bond donors (Lipinski definition) is 1. The maximum atomic E-state index is 12.2. The van der Waals surface area contributed by atoms with Crippen LogP contribution in [0.3, 0.4) is 0 Å². The SMILES string of the molecule is CC(C)CN1C(=O)C(=O)N(CC(=O)N[C@H](C)c2ccc(Br)cc2)C1=O. The van der Waals surface area contributed by atoms with Crippen LogP contribution in [0.25, 0.3) is 0 Å². The van der Waals surface area contributed by atoms with E-state index >= 15 is 0 Å². The molecular formula is C17H20BrN3O4. The van der Waals surface area contributed by atoms with Crippen molar-refractivity contribution in [1.82, 2.24) is 15.1 Å². The Morgan fingerprint density at radius 1 is 1.04 bits per heavy atom. The summed E-state index contributed by atoms with van der Waals surface area (Å²) >= 11 is 3.34. The van der Waals surface area contributed by atoms with Crippen LogP contribution >= 0.6 is 15.9 Å². The molecule has 0 saturated carbocycles. The van der Waals surface area contributed by atoms with E-state index in [2.05, 4.69) is 21.2 Å². The molecule has 1 aromatic rings. The molecule has 1 heterocycles. The predicted molar refractivity (Wildman–Crippen MR) is 94.4 cm³/mol. The van der Waals surface area contributed by atoms with Crippen LogP contribution in [-0.4, -0.2) is 46.6 Å². The fourth-order valence-electron chi connectivity index (χ4n) is 2.48. The second-order valence-corrected chi connectivity index (χ2v) is 7.24. The number of rotatable bonds is 6. The Bertz CT molecular complexity index is 702. The number of carbonyl (C=O) groups excluding carboxylic acids is 4. The van der Waals surface area contributed by atoms with E-state index in [1.165, 1.54) is 0 Å². The Labute approximate surface area is 154 Å². The molecule has 1 N–H and O–H groups in total. The van der Waals surface area contributed by atoms with Crippen LogP contribution in [0.4, 0.5) is 4.79 Å². The third kappa shape index (κ3) is 4.45. The Hall–Kier alpha value is -2.22. The van der Waals surface area contributed by atoms with Gasteiger partial charge in [0.15, 0.2) is 0 Å². The van der Waals surface area contributed by atoms with Crippen LogP contribution in [0.15, 0.2) is 28.7 Å². The zero-order chi connectivity index (χ0) is 18.7. The van der Waals surface area contributed by atoms with Crippen molar-refractivity contribution in [3.63, 3.8) is 0 Å². The van der Waals surface area contributed by atoms with Crippen molar-refractivity contribution in [2.45, 2.75) is 26.8 Å². The van der Waals surface area contributed by atoms with Gasteiger partial charge in [-0.15, -0.1) is 0 Å². The lowest BCUT2D eigenvalue weighted by atomic mass is 10.1. The maximum Gasteiger partial charge on any atom is 0.334 e. The van der Waals surface area contributed by atoms with Crippen molar-refractivity contribution in [1.29, 1.82) is 0 Å². The molecule has 2 rings (SSSR count). The Balaban J connectivity index is 2.00. The normalized spacial score (nSPS) is 16.0. The van der Waals surface area contributed by atoms with Gasteiger partial charge in [0.25, 0.3) is 0 Å². The summed E-state index contributed by atoms with van der Waals surface area (Å²) in [5, 5.41) is 2.72. The smallest absolute Gasteiger partial charge is 0.334 e. The highest BCUT2D eigenvalue weighted by molar-refractivity contribution is 9.10. The Kier molecular flexibility index (Phi) is 5.94. The molecule has 8 heteroatoms. The van der Waals surface area contributed by atoms with E-state index < -0.39 is 30.3 Å². The van der Waals surface area contributed by atoms with E-state index in [0.717, 1.165) is 14.9 Å². The summed E-state index contributed by atoms with van der Waals surface area (Å²) < 4.78 is 0.923. The Morgan fingerprint density at radius 2 is 1.60 bits per heavy atom. The molecule has 134 valence electrons. The van der Waals surface area contributed by atoms with Crippen LogP contribution in [0, 0.1) is 5.92 Å². The molecule has 7 nitrogen and oxygen atoms in total. The summed E-state index contributed by atoms with van der Waals surface area (Å²) in [6.45, 7) is 5.14. The van der Waals surface area contributed by atoms with Crippen molar-refractivity contribution in [2.75, 3.05) is 13.1 Å². The largest absolute Gasteiger partial charge is 0.348 e. The molecule has 1 fully saturated rings. The molecule has 0 aromatic heterocycles. The second-order valence-electron chi connectivity index (χ2n) is 6.32. The molecule has 25 heavy (non-hydrogen) atoms. The molecule has 0 unspecified atom stereocenters. The molecule has 1 aliphatic heterocycles. The first-order valence-corrected chi connectivity index (χ1v) is 8.72. The summed E-state index contributed by atoms with van der Waals surface area (Å²) in [5.74, 6) is -2.31. The van der Waals surface area contributed by atoms with Gasteiger partial charge in [0, 0.05) is 11.0 Å². The van der Waals surface area contributed by atoms with Crippen molar-refractivity contribution in [2.24, 2.45) is 5.92 Å². The monoisotopic (exact) mass is 409 g/mol. The van der Waals surface area contributed by atoms with E-state index in [4.69, 9.17) is 0 Å². The van der Waals surface area contributed by atoms with Gasteiger partial charge in [-0.1, -0.05) is 41.9 Å². The van der Waals surface area contributed by atoms with Crippen LogP contribution < -0.4 is 5.32 Å². The number of benzene rings is 1. The van der Waals surface area contributed by atoms with Crippen LogP contribution in [0.1, 0.15) is 32.4 Å². The fourth-order valence-corrected chi connectivity index (χ4v) is 2.75. The van der Waals surface area contributed by atoms with E-state index in [1.54, 1.807) is 6.92 Å². The lowest BCUT2D eigenvalue weighted by Crippen LogP contribution is -2.42. The van der Waals surface area contributed by atoms with Crippen molar-refractivity contribution < 1.29 is 19.2 Å². The van der Waals surface area contributed by atoms with Gasteiger partial charge in [-0.05, 0) is 30.5 Å². The van der Waals surface area contributed by atoms with Crippen LogP contribution in [0.2, 0.25) is 0 Å². The van der Waals surface area contributed by atoms with E-state index in [9.17, 15) is 19.2 Å². The quantitative estimate of drug-likeness (QED) is 0.575. The molecule has 1 aliphatic rings. The second kappa shape index (κ2) is 7.77. The number of imide groups is 2. The van der Waals surface area contributed by atoms with Gasteiger partial charge >= 0.3 is 17.8 Å². The van der Waals surface area contributed by atoms with Crippen LogP contribution in [0.5, 0.6) is 0 Å². The zero-order valence-electron chi connectivity index (χ0n) is 14.3. The minimum absolute atomic E-state index is 0.0342. The lowest BCUT2D eigenvalue weighted by molar-refractivity contribution is -0.144. The molecule has 0 spiro atoms. The van der Waals surface area contributed by atoms with E-state index in [1.807, 2.05) is 38.1 Å². The Morgan fingerprint density at radius 3 is 2.16 bits per heavy atom. The number of nitrogens with zero attached hydrogens (tertiary/aromatic N) is 2. The van der Waals surface area contributed by atoms with Gasteiger partial charge in [-0.3, -0.25) is 19.3 Å². The van der Waals surface area contributed by atoms with Gasteiger partial charge in [0.05, 0.1) is 6.04 Å². The molecule has 5 amide bonds. The minimum atomic E-state index is -0.961. The third-order valence-electron chi connectivity index (χ3n) is 3.73. The topological polar surface area (TPSA) is 86.8 Å².